The zero-order valence-corrected chi connectivity index (χ0v) is 11.1. The van der Waals surface area contributed by atoms with Gasteiger partial charge >= 0.3 is 5.97 Å². The number of aliphatic carboxylic acids is 1. The first-order valence-corrected chi connectivity index (χ1v) is 6.81. The molecule has 0 saturated heterocycles. The first-order chi connectivity index (χ1) is 9.54. The molecule has 0 bridgehead atoms. The maximum absolute atomic E-state index is 12.7. The van der Waals surface area contributed by atoms with E-state index in [2.05, 4.69) is 5.32 Å². The van der Waals surface area contributed by atoms with E-state index < -0.39 is 5.97 Å². The van der Waals surface area contributed by atoms with Gasteiger partial charge in [0.15, 0.2) is 0 Å². The molecule has 1 fully saturated rings. The first-order valence-electron chi connectivity index (χ1n) is 6.81. The van der Waals surface area contributed by atoms with Gasteiger partial charge in [-0.25, -0.2) is 4.39 Å². The molecule has 108 valence electrons. The summed E-state index contributed by atoms with van der Waals surface area (Å²) in [6.07, 6.45) is 2.75. The normalized spacial score (nSPS) is 21.6. The highest BCUT2D eigenvalue weighted by molar-refractivity contribution is 5.77. The van der Waals surface area contributed by atoms with E-state index in [0.29, 0.717) is 25.7 Å². The zero-order valence-electron chi connectivity index (χ0n) is 11.1. The molecule has 0 aromatic heterocycles. The van der Waals surface area contributed by atoms with Crippen LogP contribution < -0.4 is 5.32 Å². The summed E-state index contributed by atoms with van der Waals surface area (Å²) in [5.41, 5.74) is 0.913. The minimum Gasteiger partial charge on any atom is -0.481 e. The van der Waals surface area contributed by atoms with Crippen LogP contribution in [0.5, 0.6) is 0 Å². The zero-order chi connectivity index (χ0) is 14.5. The summed E-state index contributed by atoms with van der Waals surface area (Å²) in [5, 5.41) is 11.8. The van der Waals surface area contributed by atoms with Crippen LogP contribution in [0.1, 0.15) is 31.2 Å². The third-order valence-electron chi connectivity index (χ3n) is 3.70. The van der Waals surface area contributed by atoms with Gasteiger partial charge in [-0.3, -0.25) is 9.59 Å². The van der Waals surface area contributed by atoms with Gasteiger partial charge in [0.2, 0.25) is 5.91 Å². The Morgan fingerprint density at radius 2 is 1.95 bits per heavy atom. The molecule has 1 saturated carbocycles. The second-order valence-electron chi connectivity index (χ2n) is 5.24. The lowest BCUT2D eigenvalue weighted by atomic mass is 10.1. The second kappa shape index (κ2) is 6.50. The van der Waals surface area contributed by atoms with Crippen LogP contribution >= 0.6 is 0 Å². The van der Waals surface area contributed by atoms with Crippen LogP contribution in [-0.2, 0) is 16.0 Å². The van der Waals surface area contributed by atoms with Gasteiger partial charge in [-0.1, -0.05) is 12.1 Å². The summed E-state index contributed by atoms with van der Waals surface area (Å²) in [7, 11) is 0. The van der Waals surface area contributed by atoms with Crippen LogP contribution in [0.2, 0.25) is 0 Å². The maximum Gasteiger partial charge on any atom is 0.306 e. The van der Waals surface area contributed by atoms with Gasteiger partial charge in [0.1, 0.15) is 5.82 Å². The monoisotopic (exact) mass is 279 g/mol. The molecular weight excluding hydrogens is 261 g/mol. The van der Waals surface area contributed by atoms with Crippen molar-refractivity contribution in [1.82, 2.24) is 5.32 Å². The topological polar surface area (TPSA) is 66.4 Å². The van der Waals surface area contributed by atoms with Crippen molar-refractivity contribution >= 4 is 11.9 Å². The van der Waals surface area contributed by atoms with E-state index >= 15 is 0 Å². The first kappa shape index (κ1) is 14.5. The third kappa shape index (κ3) is 4.05. The van der Waals surface area contributed by atoms with Gasteiger partial charge in [-0.2, -0.15) is 0 Å². The Kier molecular flexibility index (Phi) is 4.71. The number of carboxylic acids is 1. The van der Waals surface area contributed by atoms with E-state index in [0.717, 1.165) is 12.0 Å². The van der Waals surface area contributed by atoms with Gasteiger partial charge < -0.3 is 10.4 Å². The minimum atomic E-state index is -0.784. The van der Waals surface area contributed by atoms with Gasteiger partial charge in [0.05, 0.1) is 5.92 Å². The number of hydrogen-bond donors (Lipinski definition) is 2. The smallest absolute Gasteiger partial charge is 0.306 e. The number of halogens is 1. The van der Waals surface area contributed by atoms with E-state index in [-0.39, 0.29) is 23.7 Å². The SMILES string of the molecule is O=C(CCc1ccc(F)cc1)N[C@@H]1CC[C@@H](C(=O)O)C1. The van der Waals surface area contributed by atoms with Crippen LogP contribution in [0.15, 0.2) is 24.3 Å². The summed E-state index contributed by atoms with van der Waals surface area (Å²) in [4.78, 5) is 22.6. The Morgan fingerprint density at radius 1 is 1.25 bits per heavy atom. The molecule has 1 amide bonds. The van der Waals surface area contributed by atoms with Crippen LogP contribution in [0, 0.1) is 11.7 Å². The largest absolute Gasteiger partial charge is 0.481 e. The van der Waals surface area contributed by atoms with E-state index in [1.807, 2.05) is 0 Å². The Balaban J connectivity index is 1.73. The Morgan fingerprint density at radius 3 is 2.55 bits per heavy atom. The summed E-state index contributed by atoms with van der Waals surface area (Å²) in [6, 6.07) is 6.05. The molecule has 0 spiro atoms. The van der Waals surface area contributed by atoms with Crippen LogP contribution in [0.4, 0.5) is 4.39 Å². The number of rotatable bonds is 5. The number of benzene rings is 1. The number of carboxylic acid groups (broad SMARTS) is 1. The standard InChI is InChI=1S/C15H18FNO3/c16-12-5-1-10(2-6-12)3-8-14(18)17-13-7-4-11(9-13)15(19)20/h1-2,5-6,11,13H,3-4,7-9H2,(H,17,18)(H,19,20)/t11-,13-/m1/s1. The lowest BCUT2D eigenvalue weighted by Crippen LogP contribution is -2.33. The van der Waals surface area contributed by atoms with Gasteiger partial charge in [0.25, 0.3) is 0 Å². The van der Waals surface area contributed by atoms with Crippen molar-refractivity contribution in [2.45, 2.75) is 38.1 Å². The minimum absolute atomic E-state index is 0.0307. The molecule has 2 atom stereocenters. The Labute approximate surface area is 117 Å². The highest BCUT2D eigenvalue weighted by atomic mass is 19.1. The molecular formula is C15H18FNO3. The van der Waals surface area contributed by atoms with Crippen molar-refractivity contribution in [2.75, 3.05) is 0 Å². The van der Waals surface area contributed by atoms with Gasteiger partial charge in [-0.05, 0) is 43.4 Å². The molecule has 4 nitrogen and oxygen atoms in total. The molecule has 2 N–H and O–H groups in total. The van der Waals surface area contributed by atoms with Crippen LogP contribution in [-0.4, -0.2) is 23.0 Å². The summed E-state index contributed by atoms with van der Waals surface area (Å²) >= 11 is 0. The quantitative estimate of drug-likeness (QED) is 0.867. The summed E-state index contributed by atoms with van der Waals surface area (Å²) < 4.78 is 12.7. The number of aryl methyl sites for hydroxylation is 1. The predicted octanol–water partition coefficient (Wildman–Crippen LogP) is 2.13. The molecule has 1 aromatic rings. The number of hydrogen-bond acceptors (Lipinski definition) is 2. The van der Waals surface area contributed by atoms with Crippen molar-refractivity contribution in [2.24, 2.45) is 5.92 Å². The van der Waals surface area contributed by atoms with E-state index in [9.17, 15) is 14.0 Å². The molecule has 0 aliphatic heterocycles. The molecule has 1 aliphatic carbocycles. The number of nitrogens with one attached hydrogen (secondary N) is 1. The third-order valence-corrected chi connectivity index (χ3v) is 3.70. The fraction of sp³-hybridized carbons (Fsp3) is 0.467. The second-order valence-corrected chi connectivity index (χ2v) is 5.24. The summed E-state index contributed by atoms with van der Waals surface area (Å²) in [6.45, 7) is 0. The molecule has 0 unspecified atom stereocenters. The maximum atomic E-state index is 12.7. The van der Waals surface area contributed by atoms with Crippen LogP contribution in [0.3, 0.4) is 0 Å². The average Bonchev–Trinajstić information content (AvgIpc) is 2.87. The van der Waals surface area contributed by atoms with Crippen molar-refractivity contribution in [3.8, 4) is 0 Å². The lowest BCUT2D eigenvalue weighted by Gasteiger charge is -2.12. The number of carbonyl (C=O) groups excluding carboxylic acids is 1. The van der Waals surface area contributed by atoms with E-state index in [4.69, 9.17) is 5.11 Å². The number of amides is 1. The summed E-state index contributed by atoms with van der Waals surface area (Å²) in [5.74, 6) is -1.49. The lowest BCUT2D eigenvalue weighted by molar-refractivity contribution is -0.141. The molecule has 0 radical (unpaired) electrons. The molecule has 1 aliphatic rings. The van der Waals surface area contributed by atoms with Crippen molar-refractivity contribution in [1.29, 1.82) is 0 Å². The Bertz CT molecular complexity index is 486. The Hall–Kier alpha value is -1.91. The van der Waals surface area contributed by atoms with Gasteiger partial charge in [-0.15, -0.1) is 0 Å². The van der Waals surface area contributed by atoms with Crippen molar-refractivity contribution in [3.63, 3.8) is 0 Å². The van der Waals surface area contributed by atoms with Gasteiger partial charge in [0, 0.05) is 12.5 Å². The predicted molar refractivity (Wildman–Crippen MR) is 71.6 cm³/mol. The average molecular weight is 279 g/mol. The highest BCUT2D eigenvalue weighted by Gasteiger charge is 2.30. The van der Waals surface area contributed by atoms with E-state index in [1.165, 1.54) is 12.1 Å². The number of carbonyl (C=O) groups is 2. The van der Waals surface area contributed by atoms with Crippen LogP contribution in [0.25, 0.3) is 0 Å². The van der Waals surface area contributed by atoms with Crippen molar-refractivity contribution in [3.05, 3.63) is 35.6 Å². The molecule has 0 heterocycles. The molecule has 1 aromatic carbocycles. The fourth-order valence-electron chi connectivity index (χ4n) is 2.55. The molecule has 2 rings (SSSR count). The highest BCUT2D eigenvalue weighted by Crippen LogP contribution is 2.25. The molecule has 20 heavy (non-hydrogen) atoms. The fourth-order valence-corrected chi connectivity index (χ4v) is 2.55. The molecule has 5 heteroatoms. The van der Waals surface area contributed by atoms with E-state index in [1.54, 1.807) is 12.1 Å². The van der Waals surface area contributed by atoms with Crippen molar-refractivity contribution < 1.29 is 19.1 Å².